The molecular weight excluding hydrogens is 270 g/mol. The van der Waals surface area contributed by atoms with E-state index in [1.807, 2.05) is 30.3 Å². The highest BCUT2D eigenvalue weighted by molar-refractivity contribution is 5.82. The lowest BCUT2D eigenvalue weighted by Crippen LogP contribution is -2.53. The standard InChI is InChI=1S/C15H21N3O3/c1-17(2)16-14(21)18-10-8-15(9-11-18,13(19)20)12-6-4-3-5-7-12/h3-7H,8-11H2,1-2H3,(H,16,21)(H,19,20). The molecule has 1 aliphatic rings. The fraction of sp³-hybridized carbons (Fsp3) is 0.467. The summed E-state index contributed by atoms with van der Waals surface area (Å²) in [5.74, 6) is -0.818. The Hall–Kier alpha value is -2.08. The molecule has 2 N–H and O–H groups in total. The normalized spacial score (nSPS) is 17.6. The first-order valence-corrected chi connectivity index (χ1v) is 6.97. The number of hydrazine groups is 1. The van der Waals surface area contributed by atoms with Crippen LogP contribution in [0.1, 0.15) is 18.4 Å². The van der Waals surface area contributed by atoms with E-state index >= 15 is 0 Å². The molecule has 0 aliphatic carbocycles. The molecule has 1 aromatic rings. The highest BCUT2D eigenvalue weighted by atomic mass is 16.4. The smallest absolute Gasteiger partial charge is 0.331 e. The summed E-state index contributed by atoms with van der Waals surface area (Å²) in [5, 5.41) is 11.3. The number of carboxylic acids is 1. The number of nitrogens with zero attached hydrogens (tertiary/aromatic N) is 2. The van der Waals surface area contributed by atoms with Crippen LogP contribution < -0.4 is 5.43 Å². The molecule has 0 unspecified atom stereocenters. The van der Waals surface area contributed by atoms with Crippen LogP contribution in [-0.2, 0) is 10.2 Å². The number of carbonyl (C=O) groups excluding carboxylic acids is 1. The third-order valence-corrected chi connectivity index (χ3v) is 3.96. The van der Waals surface area contributed by atoms with Crippen LogP contribution in [0.15, 0.2) is 30.3 Å². The van der Waals surface area contributed by atoms with Crippen LogP contribution >= 0.6 is 0 Å². The number of benzene rings is 1. The van der Waals surface area contributed by atoms with E-state index in [2.05, 4.69) is 5.43 Å². The third-order valence-electron chi connectivity index (χ3n) is 3.96. The van der Waals surface area contributed by atoms with Crippen molar-refractivity contribution in [3.63, 3.8) is 0 Å². The van der Waals surface area contributed by atoms with Crippen molar-refractivity contribution in [2.75, 3.05) is 27.2 Å². The van der Waals surface area contributed by atoms with E-state index in [9.17, 15) is 14.7 Å². The van der Waals surface area contributed by atoms with E-state index in [0.717, 1.165) is 5.56 Å². The number of carboxylic acid groups (broad SMARTS) is 1. The first kappa shape index (κ1) is 15.3. The molecule has 1 aromatic carbocycles. The number of aliphatic carboxylic acids is 1. The van der Waals surface area contributed by atoms with Crippen molar-refractivity contribution in [2.45, 2.75) is 18.3 Å². The molecule has 21 heavy (non-hydrogen) atoms. The fourth-order valence-corrected chi connectivity index (χ4v) is 2.74. The van der Waals surface area contributed by atoms with Gasteiger partial charge in [-0.3, -0.25) is 10.2 Å². The van der Waals surface area contributed by atoms with E-state index < -0.39 is 11.4 Å². The van der Waals surface area contributed by atoms with E-state index in [-0.39, 0.29) is 6.03 Å². The molecule has 0 bridgehead atoms. The number of piperidine rings is 1. The number of urea groups is 1. The van der Waals surface area contributed by atoms with E-state index in [1.165, 1.54) is 0 Å². The van der Waals surface area contributed by atoms with Crippen molar-refractivity contribution in [2.24, 2.45) is 0 Å². The van der Waals surface area contributed by atoms with Gasteiger partial charge in [0.2, 0.25) is 0 Å². The predicted octanol–water partition coefficient (Wildman–Crippen LogP) is 1.29. The van der Waals surface area contributed by atoms with Gasteiger partial charge in [-0.1, -0.05) is 30.3 Å². The maximum Gasteiger partial charge on any atom is 0.331 e. The Morgan fingerprint density at radius 1 is 1.19 bits per heavy atom. The third kappa shape index (κ3) is 3.16. The summed E-state index contributed by atoms with van der Waals surface area (Å²) in [6, 6.07) is 9.09. The highest BCUT2D eigenvalue weighted by Crippen LogP contribution is 2.35. The number of hydrogen-bond donors (Lipinski definition) is 2. The molecule has 0 atom stereocenters. The van der Waals surface area contributed by atoms with Gasteiger partial charge >= 0.3 is 12.0 Å². The van der Waals surface area contributed by atoms with Crippen molar-refractivity contribution in [3.8, 4) is 0 Å². The lowest BCUT2D eigenvalue weighted by molar-refractivity contribution is -0.145. The fourth-order valence-electron chi connectivity index (χ4n) is 2.74. The van der Waals surface area contributed by atoms with Crippen molar-refractivity contribution in [1.29, 1.82) is 0 Å². The lowest BCUT2D eigenvalue weighted by Gasteiger charge is -2.39. The summed E-state index contributed by atoms with van der Waals surface area (Å²) in [7, 11) is 3.49. The van der Waals surface area contributed by atoms with Crippen LogP contribution in [0.25, 0.3) is 0 Å². The predicted molar refractivity (Wildman–Crippen MR) is 78.8 cm³/mol. The molecule has 6 nitrogen and oxygen atoms in total. The van der Waals surface area contributed by atoms with Crippen LogP contribution in [0.4, 0.5) is 4.79 Å². The molecule has 2 rings (SSSR count). The summed E-state index contributed by atoms with van der Waals surface area (Å²) in [4.78, 5) is 25.4. The molecule has 114 valence electrons. The van der Waals surface area contributed by atoms with Gasteiger partial charge in [-0.25, -0.2) is 9.80 Å². The molecule has 1 saturated heterocycles. The van der Waals surface area contributed by atoms with Crippen molar-refractivity contribution >= 4 is 12.0 Å². The maximum atomic E-state index is 12.0. The molecule has 1 aliphatic heterocycles. The second kappa shape index (κ2) is 6.13. The maximum absolute atomic E-state index is 12.0. The number of carbonyl (C=O) groups is 2. The molecule has 0 saturated carbocycles. The van der Waals surface area contributed by atoms with Gasteiger partial charge in [0, 0.05) is 27.2 Å². The van der Waals surface area contributed by atoms with Crippen LogP contribution in [0.3, 0.4) is 0 Å². The van der Waals surface area contributed by atoms with Gasteiger partial charge in [0.15, 0.2) is 0 Å². The Balaban J connectivity index is 2.12. The number of rotatable bonds is 3. The van der Waals surface area contributed by atoms with Gasteiger partial charge in [0.1, 0.15) is 0 Å². The summed E-state index contributed by atoms with van der Waals surface area (Å²) < 4.78 is 0. The van der Waals surface area contributed by atoms with Crippen molar-refractivity contribution in [1.82, 2.24) is 15.3 Å². The second-order valence-electron chi connectivity index (χ2n) is 5.55. The average Bonchev–Trinajstić information content (AvgIpc) is 2.47. The Labute approximate surface area is 124 Å². The monoisotopic (exact) mass is 291 g/mol. The summed E-state index contributed by atoms with van der Waals surface area (Å²) in [5.41, 5.74) is 2.60. The van der Waals surface area contributed by atoms with E-state index in [1.54, 1.807) is 24.0 Å². The summed E-state index contributed by atoms with van der Waals surface area (Å²) >= 11 is 0. The topological polar surface area (TPSA) is 72.9 Å². The SMILES string of the molecule is CN(C)NC(=O)N1CCC(C(=O)O)(c2ccccc2)CC1. The average molecular weight is 291 g/mol. The zero-order chi connectivity index (χ0) is 15.5. The van der Waals surface area contributed by atoms with Crippen molar-refractivity contribution in [3.05, 3.63) is 35.9 Å². The number of hydrogen-bond acceptors (Lipinski definition) is 3. The second-order valence-corrected chi connectivity index (χ2v) is 5.55. The number of nitrogens with one attached hydrogen (secondary N) is 1. The quantitative estimate of drug-likeness (QED) is 0.823. The van der Waals surface area contributed by atoms with Gasteiger partial charge in [-0.2, -0.15) is 0 Å². The van der Waals surface area contributed by atoms with Gasteiger partial charge in [-0.05, 0) is 18.4 Å². The molecular formula is C15H21N3O3. The highest BCUT2D eigenvalue weighted by Gasteiger charge is 2.43. The minimum atomic E-state index is -0.893. The largest absolute Gasteiger partial charge is 0.481 e. The molecule has 1 heterocycles. The molecule has 0 aromatic heterocycles. The van der Waals surface area contributed by atoms with Crippen LogP contribution in [0.5, 0.6) is 0 Å². The summed E-state index contributed by atoms with van der Waals surface area (Å²) in [6.07, 6.45) is 0.848. The number of likely N-dealkylation sites (tertiary alicyclic amines) is 1. The zero-order valence-electron chi connectivity index (χ0n) is 12.4. The number of amides is 2. The minimum Gasteiger partial charge on any atom is -0.481 e. The van der Waals surface area contributed by atoms with E-state index in [0.29, 0.717) is 25.9 Å². The first-order valence-electron chi connectivity index (χ1n) is 6.97. The van der Waals surface area contributed by atoms with Gasteiger partial charge in [-0.15, -0.1) is 0 Å². The van der Waals surface area contributed by atoms with Crippen LogP contribution in [-0.4, -0.2) is 54.2 Å². The van der Waals surface area contributed by atoms with Crippen LogP contribution in [0.2, 0.25) is 0 Å². The Kier molecular flexibility index (Phi) is 4.47. The molecule has 0 radical (unpaired) electrons. The minimum absolute atomic E-state index is 0.188. The van der Waals surface area contributed by atoms with Crippen molar-refractivity contribution < 1.29 is 14.7 Å². The van der Waals surface area contributed by atoms with Crippen LogP contribution in [0, 0.1) is 0 Å². The van der Waals surface area contributed by atoms with E-state index in [4.69, 9.17) is 0 Å². The first-order chi connectivity index (χ1) is 9.95. The molecule has 6 heteroatoms. The van der Waals surface area contributed by atoms with Gasteiger partial charge in [0.25, 0.3) is 0 Å². The molecule has 1 fully saturated rings. The zero-order valence-corrected chi connectivity index (χ0v) is 12.4. The van der Waals surface area contributed by atoms with Gasteiger partial charge < -0.3 is 10.0 Å². The Bertz CT molecular complexity index is 508. The molecule has 0 spiro atoms. The molecule has 2 amide bonds. The Morgan fingerprint density at radius 3 is 2.24 bits per heavy atom. The lowest BCUT2D eigenvalue weighted by atomic mass is 9.73. The summed E-state index contributed by atoms with van der Waals surface area (Å²) in [6.45, 7) is 0.863. The Morgan fingerprint density at radius 2 is 1.76 bits per heavy atom. The van der Waals surface area contributed by atoms with Gasteiger partial charge in [0.05, 0.1) is 5.41 Å².